The zero-order chi connectivity index (χ0) is 15.5. The lowest BCUT2D eigenvalue weighted by molar-refractivity contribution is 0.927. The van der Waals surface area contributed by atoms with E-state index >= 15 is 0 Å². The quantitative estimate of drug-likeness (QED) is 0.555. The van der Waals surface area contributed by atoms with Crippen LogP contribution in [-0.2, 0) is 12.8 Å². The summed E-state index contributed by atoms with van der Waals surface area (Å²) in [4.78, 5) is 14.6. The normalized spacial score (nSPS) is 11.0. The van der Waals surface area contributed by atoms with Crippen molar-refractivity contribution < 1.29 is 0 Å². The lowest BCUT2D eigenvalue weighted by Gasteiger charge is -2.01. The van der Waals surface area contributed by atoms with Gasteiger partial charge in [-0.25, -0.2) is 4.98 Å². The van der Waals surface area contributed by atoms with Gasteiger partial charge in [-0.1, -0.05) is 12.1 Å². The Kier molecular flexibility index (Phi) is 3.82. The third kappa shape index (κ3) is 3.12. The number of rotatable bonds is 4. The van der Waals surface area contributed by atoms with Crippen molar-refractivity contribution in [2.45, 2.75) is 12.8 Å². The smallest absolute Gasteiger partial charge is 0.0890 e. The molecule has 3 nitrogen and oxygen atoms in total. The highest BCUT2D eigenvalue weighted by atomic mass is 32.1. The minimum atomic E-state index is 0.911. The number of para-hydroxylation sites is 2. The first-order valence-electron chi connectivity index (χ1n) is 7.57. The topological polar surface area (TPSA) is 38.7 Å². The number of pyridine rings is 1. The van der Waals surface area contributed by atoms with E-state index in [0.29, 0.717) is 0 Å². The largest absolute Gasteiger partial charge is 0.265 e. The number of thiophene rings is 1. The van der Waals surface area contributed by atoms with E-state index in [2.05, 4.69) is 26.4 Å². The Labute approximate surface area is 138 Å². The van der Waals surface area contributed by atoms with Crippen molar-refractivity contribution in [2.75, 3.05) is 0 Å². The van der Waals surface area contributed by atoms with E-state index in [1.807, 2.05) is 55.0 Å². The van der Waals surface area contributed by atoms with Crippen LogP contribution in [0.25, 0.3) is 22.2 Å². The zero-order valence-electron chi connectivity index (χ0n) is 12.5. The van der Waals surface area contributed by atoms with Crippen LogP contribution < -0.4 is 0 Å². The number of fused-ring (bicyclic) bond motifs is 1. The van der Waals surface area contributed by atoms with Gasteiger partial charge >= 0.3 is 0 Å². The van der Waals surface area contributed by atoms with Gasteiger partial charge in [0.1, 0.15) is 0 Å². The standard InChI is InChI=1S/C19H15N3S/c1-2-4-19-18(3-1)21-12-16(22-19)5-6-17-11-15(13-23-17)14-7-9-20-10-8-14/h1-4,7-13H,5-6H2. The fraction of sp³-hybridized carbons (Fsp3) is 0.105. The molecule has 0 aliphatic carbocycles. The van der Waals surface area contributed by atoms with E-state index in [0.717, 1.165) is 29.6 Å². The molecule has 1 aromatic carbocycles. The maximum absolute atomic E-state index is 4.69. The van der Waals surface area contributed by atoms with E-state index in [-0.39, 0.29) is 0 Å². The summed E-state index contributed by atoms with van der Waals surface area (Å²) in [5.41, 5.74) is 5.44. The minimum Gasteiger partial charge on any atom is -0.265 e. The van der Waals surface area contributed by atoms with Gasteiger partial charge in [0, 0.05) is 23.5 Å². The molecule has 0 bridgehead atoms. The molecule has 0 saturated carbocycles. The Morgan fingerprint density at radius 2 is 1.70 bits per heavy atom. The molecule has 0 fully saturated rings. The van der Waals surface area contributed by atoms with Crippen LogP contribution in [0.3, 0.4) is 0 Å². The maximum Gasteiger partial charge on any atom is 0.0890 e. The summed E-state index contributed by atoms with van der Waals surface area (Å²) in [7, 11) is 0. The van der Waals surface area contributed by atoms with Crippen molar-refractivity contribution in [2.24, 2.45) is 0 Å². The number of hydrogen-bond donors (Lipinski definition) is 0. The molecule has 0 unspecified atom stereocenters. The van der Waals surface area contributed by atoms with Crippen LogP contribution in [0, 0.1) is 0 Å². The molecule has 23 heavy (non-hydrogen) atoms. The van der Waals surface area contributed by atoms with Crippen molar-refractivity contribution in [3.05, 3.63) is 77.0 Å². The average Bonchev–Trinajstić information content (AvgIpc) is 3.10. The summed E-state index contributed by atoms with van der Waals surface area (Å²) in [5.74, 6) is 0. The van der Waals surface area contributed by atoms with E-state index < -0.39 is 0 Å². The molecule has 3 aromatic heterocycles. The van der Waals surface area contributed by atoms with Crippen molar-refractivity contribution >= 4 is 22.4 Å². The average molecular weight is 317 g/mol. The second-order valence-electron chi connectivity index (χ2n) is 5.39. The highest BCUT2D eigenvalue weighted by Crippen LogP contribution is 2.26. The Morgan fingerprint density at radius 3 is 2.57 bits per heavy atom. The van der Waals surface area contributed by atoms with E-state index in [1.165, 1.54) is 16.0 Å². The summed E-state index contributed by atoms with van der Waals surface area (Å²) in [6, 6.07) is 14.3. The van der Waals surface area contributed by atoms with Crippen LogP contribution in [0.15, 0.2) is 66.4 Å². The van der Waals surface area contributed by atoms with Gasteiger partial charge in [0.2, 0.25) is 0 Å². The monoisotopic (exact) mass is 317 g/mol. The van der Waals surface area contributed by atoms with Crippen LogP contribution in [0.4, 0.5) is 0 Å². The van der Waals surface area contributed by atoms with Crippen molar-refractivity contribution in [3.8, 4) is 11.1 Å². The zero-order valence-corrected chi connectivity index (χ0v) is 13.3. The molecule has 4 aromatic rings. The van der Waals surface area contributed by atoms with E-state index in [4.69, 9.17) is 0 Å². The van der Waals surface area contributed by atoms with Crippen molar-refractivity contribution in [1.29, 1.82) is 0 Å². The molecule has 0 spiro atoms. The van der Waals surface area contributed by atoms with Crippen LogP contribution in [0.1, 0.15) is 10.6 Å². The molecule has 0 radical (unpaired) electrons. The first-order valence-corrected chi connectivity index (χ1v) is 8.45. The van der Waals surface area contributed by atoms with Crippen LogP contribution in [0.5, 0.6) is 0 Å². The van der Waals surface area contributed by atoms with Crippen molar-refractivity contribution in [3.63, 3.8) is 0 Å². The Bertz CT molecular complexity index is 931. The summed E-state index contributed by atoms with van der Waals surface area (Å²) in [6.45, 7) is 0. The second-order valence-corrected chi connectivity index (χ2v) is 6.38. The predicted octanol–water partition coefficient (Wildman–Crippen LogP) is 4.54. The summed E-state index contributed by atoms with van der Waals surface area (Å²) >= 11 is 1.80. The first-order chi connectivity index (χ1) is 11.4. The van der Waals surface area contributed by atoms with E-state index in [9.17, 15) is 0 Å². The molecule has 4 rings (SSSR count). The molecule has 3 heterocycles. The lowest BCUT2D eigenvalue weighted by Crippen LogP contribution is -1.95. The Hall–Kier alpha value is -2.59. The number of benzene rings is 1. The van der Waals surface area contributed by atoms with Crippen LogP contribution in [-0.4, -0.2) is 15.0 Å². The molecule has 0 amide bonds. The van der Waals surface area contributed by atoms with Gasteiger partial charge in [-0.05, 0) is 59.7 Å². The minimum absolute atomic E-state index is 0.911. The molecule has 0 aliphatic heterocycles. The molecule has 4 heteroatoms. The number of nitrogens with zero attached hydrogens (tertiary/aromatic N) is 3. The molecule has 0 atom stereocenters. The molecule has 0 saturated heterocycles. The van der Waals surface area contributed by atoms with E-state index in [1.54, 1.807) is 11.3 Å². The van der Waals surface area contributed by atoms with Gasteiger partial charge in [-0.15, -0.1) is 11.3 Å². The number of hydrogen-bond acceptors (Lipinski definition) is 4. The molecule has 0 N–H and O–H groups in total. The first kappa shape index (κ1) is 14.0. The maximum atomic E-state index is 4.69. The third-order valence-corrected chi connectivity index (χ3v) is 4.79. The van der Waals surface area contributed by atoms with Gasteiger partial charge in [0.25, 0.3) is 0 Å². The van der Waals surface area contributed by atoms with Gasteiger partial charge in [0.15, 0.2) is 0 Å². The Morgan fingerprint density at radius 1 is 0.870 bits per heavy atom. The fourth-order valence-electron chi connectivity index (χ4n) is 2.57. The van der Waals surface area contributed by atoms with Crippen LogP contribution >= 0.6 is 11.3 Å². The highest BCUT2D eigenvalue weighted by Gasteiger charge is 2.04. The van der Waals surface area contributed by atoms with Crippen LogP contribution in [0.2, 0.25) is 0 Å². The highest BCUT2D eigenvalue weighted by molar-refractivity contribution is 7.10. The number of aromatic nitrogens is 3. The lowest BCUT2D eigenvalue weighted by atomic mass is 10.1. The summed E-state index contributed by atoms with van der Waals surface area (Å²) in [5, 5.41) is 2.21. The third-order valence-electron chi connectivity index (χ3n) is 3.79. The van der Waals surface area contributed by atoms with Gasteiger partial charge in [0.05, 0.1) is 16.7 Å². The van der Waals surface area contributed by atoms with Gasteiger partial charge < -0.3 is 0 Å². The van der Waals surface area contributed by atoms with Crippen molar-refractivity contribution in [1.82, 2.24) is 15.0 Å². The van der Waals surface area contributed by atoms with Gasteiger partial charge in [-0.3, -0.25) is 9.97 Å². The number of aryl methyl sites for hydroxylation is 2. The predicted molar refractivity (Wildman–Crippen MR) is 94.5 cm³/mol. The molecule has 0 aliphatic rings. The SMILES string of the molecule is c1ccc2nc(CCc3cc(-c4ccncc4)cs3)cnc2c1. The van der Waals surface area contributed by atoms with Gasteiger partial charge in [-0.2, -0.15) is 0 Å². The summed E-state index contributed by atoms with van der Waals surface area (Å²) in [6.07, 6.45) is 7.45. The fourth-order valence-corrected chi connectivity index (χ4v) is 3.47. The summed E-state index contributed by atoms with van der Waals surface area (Å²) < 4.78 is 0. The Balaban J connectivity index is 1.49. The molecule has 112 valence electrons. The second kappa shape index (κ2) is 6.26. The molecular formula is C19H15N3S. The molecular weight excluding hydrogens is 302 g/mol.